The molecule has 0 saturated carbocycles. The third-order valence-electron chi connectivity index (χ3n) is 7.98. The van der Waals surface area contributed by atoms with Crippen LogP contribution in [0.1, 0.15) is 83.3 Å². The Bertz CT molecular complexity index is 1250. The number of nitro benzene ring substituents is 1. The molecule has 0 amide bonds. The number of nitrogens with zero attached hydrogens (tertiary/aromatic N) is 2. The van der Waals surface area contributed by atoms with E-state index in [1.165, 1.54) is 36.6 Å². The first-order valence-corrected chi connectivity index (χ1v) is 14.0. The first-order chi connectivity index (χ1) is 18.7. The van der Waals surface area contributed by atoms with Gasteiger partial charge in [0.1, 0.15) is 5.75 Å². The van der Waals surface area contributed by atoms with Gasteiger partial charge in [-0.3, -0.25) is 10.1 Å². The molecule has 1 atom stereocenters. The molecule has 2 aliphatic heterocycles. The molecule has 1 spiro atoms. The number of benzene rings is 2. The van der Waals surface area contributed by atoms with Crippen LogP contribution in [0.25, 0.3) is 6.08 Å². The number of ether oxygens (including phenoxy) is 2. The number of esters is 1. The highest BCUT2D eigenvalue weighted by molar-refractivity contribution is 5.86. The normalized spacial score (nSPS) is 18.4. The van der Waals surface area contributed by atoms with Crippen molar-refractivity contribution in [3.05, 3.63) is 81.9 Å². The quantitative estimate of drug-likeness (QED) is 0.0863. The summed E-state index contributed by atoms with van der Waals surface area (Å²) in [5.41, 5.74) is 2.65. The van der Waals surface area contributed by atoms with Crippen LogP contribution in [0.5, 0.6) is 5.75 Å². The van der Waals surface area contributed by atoms with Crippen LogP contribution in [0, 0.1) is 10.1 Å². The summed E-state index contributed by atoms with van der Waals surface area (Å²) in [6.07, 6.45) is 12.9. The number of hydrogen-bond acceptors (Lipinski definition) is 6. The van der Waals surface area contributed by atoms with E-state index in [1.54, 1.807) is 19.1 Å². The van der Waals surface area contributed by atoms with E-state index in [9.17, 15) is 14.9 Å². The average Bonchev–Trinajstić information content (AvgIpc) is 3.09. The van der Waals surface area contributed by atoms with Gasteiger partial charge in [-0.15, -0.1) is 0 Å². The zero-order valence-electron chi connectivity index (χ0n) is 23.4. The molecule has 0 bridgehead atoms. The summed E-state index contributed by atoms with van der Waals surface area (Å²) < 4.78 is 11.9. The van der Waals surface area contributed by atoms with Crippen molar-refractivity contribution in [1.29, 1.82) is 0 Å². The minimum Gasteiger partial charge on any atom is -0.463 e. The zero-order valence-corrected chi connectivity index (χ0v) is 23.4. The summed E-state index contributed by atoms with van der Waals surface area (Å²) in [5, 5.41) is 11.3. The highest BCUT2D eigenvalue weighted by atomic mass is 16.6. The van der Waals surface area contributed by atoms with E-state index in [2.05, 4.69) is 55.7 Å². The SMILES string of the molecule is C=C(C)C(=O)OCCCCCCCCCCN1c2ccccc2C(C)(C)C12C=Cc1cc([N+](=O)[O-])ccc1O2. The summed E-state index contributed by atoms with van der Waals surface area (Å²) in [4.78, 5) is 24.7. The Morgan fingerprint density at radius 2 is 1.69 bits per heavy atom. The van der Waals surface area contributed by atoms with Crippen LogP contribution in [0.3, 0.4) is 0 Å². The van der Waals surface area contributed by atoms with Crippen LogP contribution >= 0.6 is 0 Å². The number of hydrogen-bond donors (Lipinski definition) is 0. The minimum absolute atomic E-state index is 0.0648. The van der Waals surface area contributed by atoms with E-state index < -0.39 is 5.72 Å². The summed E-state index contributed by atoms with van der Waals surface area (Å²) in [6, 6.07) is 13.3. The monoisotopic (exact) mass is 532 g/mol. The second-order valence-corrected chi connectivity index (χ2v) is 11.1. The summed E-state index contributed by atoms with van der Waals surface area (Å²) in [5.74, 6) is 0.367. The highest BCUT2D eigenvalue weighted by Gasteiger charge is 2.58. The fourth-order valence-electron chi connectivity index (χ4n) is 5.71. The van der Waals surface area contributed by atoms with Crippen molar-refractivity contribution < 1.29 is 19.2 Å². The van der Waals surface area contributed by atoms with Crippen LogP contribution < -0.4 is 9.64 Å². The second-order valence-electron chi connectivity index (χ2n) is 11.1. The lowest BCUT2D eigenvalue weighted by Gasteiger charge is -2.47. The first kappa shape index (κ1) is 28.4. The molecule has 2 aliphatic rings. The molecular weight excluding hydrogens is 492 g/mol. The van der Waals surface area contributed by atoms with Gasteiger partial charge >= 0.3 is 5.97 Å². The molecule has 39 heavy (non-hydrogen) atoms. The molecule has 2 aromatic carbocycles. The number of nitro groups is 1. The molecule has 7 nitrogen and oxygen atoms in total. The third kappa shape index (κ3) is 5.87. The van der Waals surface area contributed by atoms with Crippen molar-refractivity contribution in [3.8, 4) is 5.75 Å². The summed E-state index contributed by atoms with van der Waals surface area (Å²) in [6.45, 7) is 11.0. The van der Waals surface area contributed by atoms with Crippen LogP contribution in [0.4, 0.5) is 11.4 Å². The number of carbonyl (C=O) groups is 1. The van der Waals surface area contributed by atoms with Crippen molar-refractivity contribution in [2.45, 2.75) is 83.3 Å². The predicted molar refractivity (Wildman–Crippen MR) is 155 cm³/mol. The van der Waals surface area contributed by atoms with Crippen molar-refractivity contribution >= 4 is 23.4 Å². The van der Waals surface area contributed by atoms with Gasteiger partial charge in [0.2, 0.25) is 5.72 Å². The maximum Gasteiger partial charge on any atom is 0.333 e. The Balaban J connectivity index is 1.32. The molecule has 0 fully saturated rings. The van der Waals surface area contributed by atoms with Crippen molar-refractivity contribution in [3.63, 3.8) is 0 Å². The van der Waals surface area contributed by atoms with Crippen LogP contribution in [0.2, 0.25) is 0 Å². The molecule has 0 saturated heterocycles. The first-order valence-electron chi connectivity index (χ1n) is 14.0. The molecule has 1 unspecified atom stereocenters. The Kier molecular flexibility index (Phi) is 8.78. The van der Waals surface area contributed by atoms with E-state index >= 15 is 0 Å². The second kappa shape index (κ2) is 12.1. The van der Waals surface area contributed by atoms with Crippen molar-refractivity contribution in [2.75, 3.05) is 18.1 Å². The molecule has 4 rings (SSSR count). The zero-order chi connectivity index (χ0) is 28.0. The Morgan fingerprint density at radius 3 is 2.38 bits per heavy atom. The van der Waals surface area contributed by atoms with Gasteiger partial charge in [-0.2, -0.15) is 0 Å². The largest absolute Gasteiger partial charge is 0.463 e. The van der Waals surface area contributed by atoms with Gasteiger partial charge in [0.25, 0.3) is 5.69 Å². The molecule has 7 heteroatoms. The smallest absolute Gasteiger partial charge is 0.333 e. The van der Waals surface area contributed by atoms with E-state index in [0.717, 1.165) is 44.2 Å². The number of fused-ring (bicyclic) bond motifs is 2. The fourth-order valence-corrected chi connectivity index (χ4v) is 5.71. The molecule has 0 aliphatic carbocycles. The molecule has 2 heterocycles. The Morgan fingerprint density at radius 1 is 1.03 bits per heavy atom. The van der Waals surface area contributed by atoms with Crippen molar-refractivity contribution in [2.24, 2.45) is 0 Å². The number of non-ortho nitro benzene ring substituents is 1. The van der Waals surface area contributed by atoms with Gasteiger partial charge in [0.05, 0.1) is 16.9 Å². The van der Waals surface area contributed by atoms with Crippen LogP contribution in [-0.4, -0.2) is 29.8 Å². The van der Waals surface area contributed by atoms with E-state index in [4.69, 9.17) is 9.47 Å². The summed E-state index contributed by atoms with van der Waals surface area (Å²) >= 11 is 0. The van der Waals surface area contributed by atoms with E-state index in [1.807, 2.05) is 6.08 Å². The van der Waals surface area contributed by atoms with Gasteiger partial charge in [0, 0.05) is 35.5 Å². The maximum atomic E-state index is 11.4. The maximum absolute atomic E-state index is 11.4. The third-order valence-corrected chi connectivity index (χ3v) is 7.98. The molecule has 0 aromatic heterocycles. The number of unbranched alkanes of at least 4 members (excludes halogenated alkanes) is 7. The molecular formula is C32H40N2O5. The molecule has 0 N–H and O–H groups in total. The summed E-state index contributed by atoms with van der Waals surface area (Å²) in [7, 11) is 0. The fraction of sp³-hybridized carbons (Fsp3) is 0.469. The molecule has 0 radical (unpaired) electrons. The highest BCUT2D eigenvalue weighted by Crippen LogP contribution is 2.55. The van der Waals surface area contributed by atoms with Gasteiger partial charge < -0.3 is 14.4 Å². The van der Waals surface area contributed by atoms with Gasteiger partial charge in [-0.25, -0.2) is 4.79 Å². The van der Waals surface area contributed by atoms with E-state index in [-0.39, 0.29) is 22.0 Å². The number of anilines is 1. The standard InChI is InChI=1S/C32H40N2O5/c1-24(2)30(35)38-22-14-10-8-6-5-7-9-13-21-33-28-16-12-11-15-27(28)31(3,4)32(33)20-19-25-23-26(34(36)37)17-18-29(25)39-32/h11-12,15-20,23H,1,5-10,13-14,21-22H2,2-4H3. The molecule has 2 aromatic rings. The van der Waals surface area contributed by atoms with Crippen molar-refractivity contribution in [1.82, 2.24) is 0 Å². The lowest BCUT2D eigenvalue weighted by Crippen LogP contribution is -2.59. The van der Waals surface area contributed by atoms with Crippen LogP contribution in [-0.2, 0) is 14.9 Å². The lowest BCUT2D eigenvalue weighted by molar-refractivity contribution is -0.384. The minimum atomic E-state index is -0.701. The lowest BCUT2D eigenvalue weighted by atomic mass is 9.76. The Hall–Kier alpha value is -3.61. The van der Waals surface area contributed by atoms with E-state index in [0.29, 0.717) is 17.9 Å². The number of para-hydroxylation sites is 1. The number of rotatable bonds is 13. The van der Waals surface area contributed by atoms with Crippen LogP contribution in [0.15, 0.2) is 60.7 Å². The van der Waals surface area contributed by atoms with Gasteiger partial charge in [-0.1, -0.05) is 63.3 Å². The van der Waals surface area contributed by atoms with Gasteiger partial charge in [-0.05, 0) is 63.5 Å². The Labute approximate surface area is 231 Å². The number of carbonyl (C=O) groups excluding carboxylic acids is 1. The average molecular weight is 533 g/mol. The van der Waals surface area contributed by atoms with Gasteiger partial charge in [0.15, 0.2) is 0 Å². The topological polar surface area (TPSA) is 81.9 Å². The molecule has 208 valence electrons. The predicted octanol–water partition coefficient (Wildman–Crippen LogP) is 7.73.